The maximum absolute atomic E-state index is 11.7. The summed E-state index contributed by atoms with van der Waals surface area (Å²) in [5.41, 5.74) is 1.53. The van der Waals surface area contributed by atoms with E-state index in [2.05, 4.69) is 26.5 Å². The van der Waals surface area contributed by atoms with Crippen LogP contribution in [-0.4, -0.2) is 12.6 Å². The van der Waals surface area contributed by atoms with Gasteiger partial charge < -0.3 is 4.74 Å². The molecule has 0 fully saturated rings. The fourth-order valence-electron chi connectivity index (χ4n) is 1.29. The molecular weight excluding hydrogens is 220 g/mol. The van der Waals surface area contributed by atoms with Gasteiger partial charge in [0.1, 0.15) is 0 Å². The van der Waals surface area contributed by atoms with Gasteiger partial charge in [0.2, 0.25) is 0 Å². The number of carbonyl (C=O) groups excluding carboxylic acids is 1. The quantitative estimate of drug-likeness (QED) is 0.642. The summed E-state index contributed by atoms with van der Waals surface area (Å²) in [5, 5.41) is 0. The first kappa shape index (κ1) is 13.1. The highest BCUT2D eigenvalue weighted by Crippen LogP contribution is 2.15. The SMILES string of the molecule is Cc1ccc(S)cc1C(=O)OCCC(C)C. The number of rotatable bonds is 4. The van der Waals surface area contributed by atoms with Crippen molar-refractivity contribution in [2.45, 2.75) is 32.1 Å². The highest BCUT2D eigenvalue weighted by Gasteiger charge is 2.10. The van der Waals surface area contributed by atoms with Gasteiger partial charge in [-0.3, -0.25) is 0 Å². The van der Waals surface area contributed by atoms with Gasteiger partial charge in [0.25, 0.3) is 0 Å². The molecule has 0 spiro atoms. The van der Waals surface area contributed by atoms with Crippen LogP contribution in [0.25, 0.3) is 0 Å². The van der Waals surface area contributed by atoms with Crippen molar-refractivity contribution in [2.75, 3.05) is 6.61 Å². The molecule has 0 aliphatic rings. The maximum atomic E-state index is 11.7. The molecule has 2 nitrogen and oxygen atoms in total. The molecule has 0 aromatic heterocycles. The molecule has 0 saturated carbocycles. The molecule has 0 radical (unpaired) electrons. The molecule has 0 bridgehead atoms. The van der Waals surface area contributed by atoms with E-state index in [9.17, 15) is 4.79 Å². The molecule has 0 N–H and O–H groups in total. The van der Waals surface area contributed by atoms with Gasteiger partial charge in [0.05, 0.1) is 12.2 Å². The third-order valence-corrected chi connectivity index (χ3v) is 2.65. The molecule has 3 heteroatoms. The monoisotopic (exact) mass is 238 g/mol. The third-order valence-electron chi connectivity index (χ3n) is 2.37. The van der Waals surface area contributed by atoms with Crippen molar-refractivity contribution in [3.63, 3.8) is 0 Å². The lowest BCUT2D eigenvalue weighted by Crippen LogP contribution is -2.09. The van der Waals surface area contributed by atoms with Crippen molar-refractivity contribution in [1.29, 1.82) is 0 Å². The smallest absolute Gasteiger partial charge is 0.338 e. The van der Waals surface area contributed by atoms with Crippen molar-refractivity contribution >= 4 is 18.6 Å². The lowest BCUT2D eigenvalue weighted by atomic mass is 10.1. The molecular formula is C13H18O2S. The molecule has 1 aromatic rings. The summed E-state index contributed by atoms with van der Waals surface area (Å²) < 4.78 is 5.20. The molecule has 0 aliphatic heterocycles. The van der Waals surface area contributed by atoms with Crippen molar-refractivity contribution < 1.29 is 9.53 Å². The number of carbonyl (C=O) groups is 1. The molecule has 1 rings (SSSR count). The number of aryl methyl sites for hydroxylation is 1. The van der Waals surface area contributed by atoms with Crippen LogP contribution in [0.1, 0.15) is 36.2 Å². The van der Waals surface area contributed by atoms with Gasteiger partial charge in [-0.15, -0.1) is 12.6 Å². The number of ether oxygens (including phenoxy) is 1. The lowest BCUT2D eigenvalue weighted by Gasteiger charge is -2.08. The van der Waals surface area contributed by atoms with Gasteiger partial charge in [-0.1, -0.05) is 19.9 Å². The summed E-state index contributed by atoms with van der Waals surface area (Å²) in [6.07, 6.45) is 0.894. The first-order chi connectivity index (χ1) is 7.50. The molecule has 88 valence electrons. The molecule has 0 unspecified atom stereocenters. The van der Waals surface area contributed by atoms with Crippen LogP contribution in [-0.2, 0) is 4.74 Å². The number of hydrogen-bond donors (Lipinski definition) is 1. The molecule has 0 aliphatic carbocycles. The minimum Gasteiger partial charge on any atom is -0.462 e. The average molecular weight is 238 g/mol. The Morgan fingerprint density at radius 2 is 2.12 bits per heavy atom. The first-order valence-corrected chi connectivity index (χ1v) is 5.92. The van der Waals surface area contributed by atoms with Crippen LogP contribution in [0.4, 0.5) is 0 Å². The predicted molar refractivity (Wildman–Crippen MR) is 68.2 cm³/mol. The highest BCUT2D eigenvalue weighted by atomic mass is 32.1. The van der Waals surface area contributed by atoms with E-state index >= 15 is 0 Å². The predicted octanol–water partition coefficient (Wildman–Crippen LogP) is 3.49. The van der Waals surface area contributed by atoms with E-state index in [1.165, 1.54) is 0 Å². The van der Waals surface area contributed by atoms with Crippen LogP contribution in [0.15, 0.2) is 23.1 Å². The molecule has 1 aromatic carbocycles. The Bertz CT molecular complexity index is 372. The number of hydrogen-bond acceptors (Lipinski definition) is 3. The fraction of sp³-hybridized carbons (Fsp3) is 0.462. The zero-order valence-electron chi connectivity index (χ0n) is 9.99. The van der Waals surface area contributed by atoms with Crippen molar-refractivity contribution in [3.8, 4) is 0 Å². The molecule has 0 saturated heterocycles. The Balaban J connectivity index is 2.62. The number of benzene rings is 1. The summed E-state index contributed by atoms with van der Waals surface area (Å²) in [5.74, 6) is 0.291. The Kier molecular flexibility index (Phi) is 4.87. The lowest BCUT2D eigenvalue weighted by molar-refractivity contribution is 0.0487. The largest absolute Gasteiger partial charge is 0.462 e. The van der Waals surface area contributed by atoms with Crippen LogP contribution < -0.4 is 0 Å². The van der Waals surface area contributed by atoms with Crippen LogP contribution in [0.2, 0.25) is 0 Å². The highest BCUT2D eigenvalue weighted by molar-refractivity contribution is 7.80. The van der Waals surface area contributed by atoms with Crippen LogP contribution in [0.5, 0.6) is 0 Å². The second-order valence-electron chi connectivity index (χ2n) is 4.32. The van der Waals surface area contributed by atoms with E-state index in [1.807, 2.05) is 19.1 Å². The Hall–Kier alpha value is -0.960. The average Bonchev–Trinajstić information content (AvgIpc) is 2.21. The van der Waals surface area contributed by atoms with E-state index < -0.39 is 0 Å². The zero-order chi connectivity index (χ0) is 12.1. The van der Waals surface area contributed by atoms with Crippen molar-refractivity contribution in [2.24, 2.45) is 5.92 Å². The second kappa shape index (κ2) is 5.94. The second-order valence-corrected chi connectivity index (χ2v) is 4.83. The minimum absolute atomic E-state index is 0.256. The normalized spacial score (nSPS) is 10.6. The summed E-state index contributed by atoms with van der Waals surface area (Å²) in [4.78, 5) is 12.5. The van der Waals surface area contributed by atoms with Crippen molar-refractivity contribution in [3.05, 3.63) is 29.3 Å². The molecule has 0 heterocycles. The van der Waals surface area contributed by atoms with E-state index in [0.29, 0.717) is 18.1 Å². The van der Waals surface area contributed by atoms with E-state index in [-0.39, 0.29) is 5.97 Å². The first-order valence-electron chi connectivity index (χ1n) is 5.47. The fourth-order valence-corrected chi connectivity index (χ4v) is 1.50. The summed E-state index contributed by atoms with van der Waals surface area (Å²) in [7, 11) is 0. The van der Waals surface area contributed by atoms with Gasteiger partial charge >= 0.3 is 5.97 Å². The summed E-state index contributed by atoms with van der Waals surface area (Å²) >= 11 is 4.21. The van der Waals surface area contributed by atoms with Gasteiger partial charge in [-0.05, 0) is 37.0 Å². The maximum Gasteiger partial charge on any atom is 0.338 e. The van der Waals surface area contributed by atoms with E-state index in [4.69, 9.17) is 4.74 Å². The third kappa shape index (κ3) is 3.89. The van der Waals surface area contributed by atoms with E-state index in [0.717, 1.165) is 16.9 Å². The topological polar surface area (TPSA) is 26.3 Å². The van der Waals surface area contributed by atoms with E-state index in [1.54, 1.807) is 6.07 Å². The van der Waals surface area contributed by atoms with Crippen molar-refractivity contribution in [1.82, 2.24) is 0 Å². The minimum atomic E-state index is -0.256. The summed E-state index contributed by atoms with van der Waals surface area (Å²) in [6.45, 7) is 6.58. The van der Waals surface area contributed by atoms with Crippen LogP contribution >= 0.6 is 12.6 Å². The van der Waals surface area contributed by atoms with Crippen LogP contribution in [0.3, 0.4) is 0 Å². The molecule has 16 heavy (non-hydrogen) atoms. The van der Waals surface area contributed by atoms with Gasteiger partial charge in [0.15, 0.2) is 0 Å². The number of esters is 1. The Labute approximate surface area is 102 Å². The number of thiol groups is 1. The van der Waals surface area contributed by atoms with Crippen LogP contribution in [0, 0.1) is 12.8 Å². The standard InChI is InChI=1S/C13H18O2S/c1-9(2)6-7-15-13(14)12-8-11(16)5-4-10(12)3/h4-5,8-9,16H,6-7H2,1-3H3. The Morgan fingerprint density at radius 1 is 1.44 bits per heavy atom. The van der Waals surface area contributed by atoms with Gasteiger partial charge in [-0.25, -0.2) is 4.79 Å². The molecule has 0 amide bonds. The molecule has 0 atom stereocenters. The van der Waals surface area contributed by atoms with Gasteiger partial charge in [-0.2, -0.15) is 0 Å². The Morgan fingerprint density at radius 3 is 2.75 bits per heavy atom. The zero-order valence-corrected chi connectivity index (χ0v) is 10.9. The van der Waals surface area contributed by atoms with Gasteiger partial charge in [0, 0.05) is 4.90 Å². The summed E-state index contributed by atoms with van der Waals surface area (Å²) in [6, 6.07) is 5.49.